The summed E-state index contributed by atoms with van der Waals surface area (Å²) in [6, 6.07) is 14.0. The van der Waals surface area contributed by atoms with Crippen LogP contribution in [-0.2, 0) is 4.79 Å². The Labute approximate surface area is 140 Å². The van der Waals surface area contributed by atoms with Crippen LogP contribution >= 0.6 is 11.6 Å². The van der Waals surface area contributed by atoms with Gasteiger partial charge in [0.2, 0.25) is 5.91 Å². The number of hydrogen-bond acceptors (Lipinski definition) is 2. The molecule has 1 atom stereocenters. The number of aryl methyl sites for hydroxylation is 1. The molecule has 4 nitrogen and oxygen atoms in total. The molecular weight excluding hydrogens is 312 g/mol. The number of benzene rings is 2. The molecule has 2 aromatic rings. The Balaban J connectivity index is 1.69. The van der Waals surface area contributed by atoms with Crippen molar-refractivity contribution in [3.05, 3.63) is 64.7 Å². The number of halogens is 1. The van der Waals surface area contributed by atoms with Gasteiger partial charge in [0.1, 0.15) is 6.04 Å². The predicted molar refractivity (Wildman–Crippen MR) is 90.9 cm³/mol. The lowest BCUT2D eigenvalue weighted by molar-refractivity contribution is -0.118. The van der Waals surface area contributed by atoms with E-state index in [9.17, 15) is 9.59 Å². The zero-order valence-electron chi connectivity index (χ0n) is 12.8. The van der Waals surface area contributed by atoms with Crippen molar-refractivity contribution < 1.29 is 9.59 Å². The number of hydrogen-bond donors (Lipinski definition) is 1. The Morgan fingerprint density at radius 1 is 1.22 bits per heavy atom. The Morgan fingerprint density at radius 2 is 1.96 bits per heavy atom. The number of carbonyl (C=O) groups is 2. The fourth-order valence-electron chi connectivity index (χ4n) is 2.67. The van der Waals surface area contributed by atoms with E-state index in [1.807, 2.05) is 31.2 Å². The second kappa shape index (κ2) is 6.42. The van der Waals surface area contributed by atoms with Gasteiger partial charge in [-0.05, 0) is 43.7 Å². The van der Waals surface area contributed by atoms with Crippen molar-refractivity contribution in [1.82, 2.24) is 5.32 Å². The van der Waals surface area contributed by atoms with Crippen LogP contribution in [0.1, 0.15) is 22.3 Å². The van der Waals surface area contributed by atoms with E-state index in [1.165, 1.54) is 0 Å². The molecule has 1 saturated heterocycles. The van der Waals surface area contributed by atoms with Crippen LogP contribution in [0.3, 0.4) is 0 Å². The summed E-state index contributed by atoms with van der Waals surface area (Å²) in [5, 5.41) is 3.29. The first-order valence-electron chi connectivity index (χ1n) is 7.49. The molecule has 0 spiro atoms. The third-order valence-electron chi connectivity index (χ3n) is 3.94. The Hall–Kier alpha value is -2.33. The first-order valence-corrected chi connectivity index (χ1v) is 7.87. The smallest absolute Gasteiger partial charge is 0.251 e. The van der Waals surface area contributed by atoms with Crippen LogP contribution in [0.15, 0.2) is 48.5 Å². The lowest BCUT2D eigenvalue weighted by Gasteiger charge is -2.17. The molecule has 0 aromatic heterocycles. The minimum absolute atomic E-state index is 0.0794. The number of carbonyl (C=O) groups excluding carboxylic acids is 2. The first-order chi connectivity index (χ1) is 11.0. The van der Waals surface area contributed by atoms with E-state index in [0.717, 1.165) is 11.3 Å². The van der Waals surface area contributed by atoms with Crippen molar-refractivity contribution in [3.63, 3.8) is 0 Å². The standard InChI is InChI=1S/C18H17ClN2O2/c1-12-5-7-15(8-6-12)21-10-9-16(18(21)23)20-17(22)13-3-2-4-14(19)11-13/h2-8,11,16H,9-10H2,1H3,(H,20,22)/t16-/m1/s1. The molecule has 3 rings (SSSR count). The molecule has 0 saturated carbocycles. The van der Waals surface area contributed by atoms with Gasteiger partial charge in [-0.2, -0.15) is 0 Å². The molecule has 1 fully saturated rings. The zero-order valence-corrected chi connectivity index (χ0v) is 13.5. The molecule has 118 valence electrons. The largest absolute Gasteiger partial charge is 0.340 e. The van der Waals surface area contributed by atoms with E-state index in [4.69, 9.17) is 11.6 Å². The molecule has 0 radical (unpaired) electrons. The minimum Gasteiger partial charge on any atom is -0.340 e. The number of nitrogens with one attached hydrogen (secondary N) is 1. The van der Waals surface area contributed by atoms with Gasteiger partial charge in [-0.25, -0.2) is 0 Å². The highest BCUT2D eigenvalue weighted by atomic mass is 35.5. The molecule has 5 heteroatoms. The fraction of sp³-hybridized carbons (Fsp3) is 0.222. The predicted octanol–water partition coefficient (Wildman–Crippen LogP) is 3.18. The molecular formula is C18H17ClN2O2. The van der Waals surface area contributed by atoms with Crippen LogP contribution in [0.4, 0.5) is 5.69 Å². The number of rotatable bonds is 3. The summed E-state index contributed by atoms with van der Waals surface area (Å²) in [6.45, 7) is 2.60. The Kier molecular flexibility index (Phi) is 4.35. The summed E-state index contributed by atoms with van der Waals surface area (Å²) in [6.07, 6.45) is 0.596. The third-order valence-corrected chi connectivity index (χ3v) is 4.18. The molecule has 0 aliphatic carbocycles. The van der Waals surface area contributed by atoms with Crippen LogP contribution in [0, 0.1) is 6.92 Å². The fourth-order valence-corrected chi connectivity index (χ4v) is 2.86. The SMILES string of the molecule is Cc1ccc(N2CC[C@@H](NC(=O)c3cccc(Cl)c3)C2=O)cc1. The minimum atomic E-state index is -0.497. The molecule has 0 bridgehead atoms. The summed E-state index contributed by atoms with van der Waals surface area (Å²) >= 11 is 5.90. The van der Waals surface area contributed by atoms with Crippen molar-refractivity contribution in [2.45, 2.75) is 19.4 Å². The second-order valence-corrected chi connectivity index (χ2v) is 6.09. The maximum absolute atomic E-state index is 12.5. The van der Waals surface area contributed by atoms with Crippen LogP contribution in [0.5, 0.6) is 0 Å². The topological polar surface area (TPSA) is 49.4 Å². The van der Waals surface area contributed by atoms with Gasteiger partial charge in [0.25, 0.3) is 5.91 Å². The second-order valence-electron chi connectivity index (χ2n) is 5.65. The quantitative estimate of drug-likeness (QED) is 0.940. The van der Waals surface area contributed by atoms with Gasteiger partial charge < -0.3 is 10.2 Å². The van der Waals surface area contributed by atoms with Crippen molar-refractivity contribution in [2.24, 2.45) is 0 Å². The molecule has 1 heterocycles. The lowest BCUT2D eigenvalue weighted by atomic mass is 10.2. The Morgan fingerprint density at radius 3 is 2.65 bits per heavy atom. The Bertz CT molecular complexity index is 743. The highest BCUT2D eigenvalue weighted by Gasteiger charge is 2.33. The van der Waals surface area contributed by atoms with Gasteiger partial charge in [0, 0.05) is 22.8 Å². The third kappa shape index (κ3) is 3.37. The number of nitrogens with zero attached hydrogens (tertiary/aromatic N) is 1. The van der Waals surface area contributed by atoms with Crippen LogP contribution in [0.2, 0.25) is 5.02 Å². The van der Waals surface area contributed by atoms with Gasteiger partial charge in [0.15, 0.2) is 0 Å². The molecule has 1 aliphatic rings. The van der Waals surface area contributed by atoms with Crippen molar-refractivity contribution in [3.8, 4) is 0 Å². The first kappa shape index (κ1) is 15.6. The summed E-state index contributed by atoms with van der Waals surface area (Å²) in [5.74, 6) is -0.360. The van der Waals surface area contributed by atoms with Crippen molar-refractivity contribution in [1.29, 1.82) is 0 Å². The molecule has 1 aliphatic heterocycles. The molecule has 0 unspecified atom stereocenters. The van der Waals surface area contributed by atoms with E-state index < -0.39 is 6.04 Å². The van der Waals surface area contributed by atoms with E-state index in [2.05, 4.69) is 5.32 Å². The summed E-state index contributed by atoms with van der Waals surface area (Å²) in [5.41, 5.74) is 2.46. The van der Waals surface area contributed by atoms with E-state index >= 15 is 0 Å². The van der Waals surface area contributed by atoms with Crippen LogP contribution < -0.4 is 10.2 Å². The summed E-state index contributed by atoms with van der Waals surface area (Å²) < 4.78 is 0. The maximum Gasteiger partial charge on any atom is 0.251 e. The van der Waals surface area contributed by atoms with Gasteiger partial charge in [0.05, 0.1) is 0 Å². The summed E-state index contributed by atoms with van der Waals surface area (Å²) in [4.78, 5) is 26.5. The van der Waals surface area contributed by atoms with Crippen LogP contribution in [0.25, 0.3) is 0 Å². The molecule has 23 heavy (non-hydrogen) atoms. The molecule has 2 amide bonds. The number of anilines is 1. The van der Waals surface area contributed by atoms with Crippen molar-refractivity contribution in [2.75, 3.05) is 11.4 Å². The van der Waals surface area contributed by atoms with E-state index in [0.29, 0.717) is 23.6 Å². The maximum atomic E-state index is 12.5. The lowest BCUT2D eigenvalue weighted by Crippen LogP contribution is -2.41. The van der Waals surface area contributed by atoms with Gasteiger partial charge in [-0.15, -0.1) is 0 Å². The highest BCUT2D eigenvalue weighted by molar-refractivity contribution is 6.31. The average Bonchev–Trinajstić information content (AvgIpc) is 2.89. The van der Waals surface area contributed by atoms with Gasteiger partial charge >= 0.3 is 0 Å². The van der Waals surface area contributed by atoms with Gasteiger partial charge in [-0.1, -0.05) is 35.4 Å². The summed E-state index contributed by atoms with van der Waals surface area (Å²) in [7, 11) is 0. The highest BCUT2D eigenvalue weighted by Crippen LogP contribution is 2.22. The molecule has 2 aromatic carbocycles. The van der Waals surface area contributed by atoms with E-state index in [-0.39, 0.29) is 11.8 Å². The van der Waals surface area contributed by atoms with Crippen molar-refractivity contribution >= 4 is 29.1 Å². The molecule has 1 N–H and O–H groups in total. The van der Waals surface area contributed by atoms with Gasteiger partial charge in [-0.3, -0.25) is 9.59 Å². The monoisotopic (exact) mass is 328 g/mol. The van der Waals surface area contributed by atoms with Crippen LogP contribution in [-0.4, -0.2) is 24.4 Å². The average molecular weight is 329 g/mol. The van der Waals surface area contributed by atoms with E-state index in [1.54, 1.807) is 29.2 Å². The zero-order chi connectivity index (χ0) is 16.4. The number of amides is 2. The normalized spacial score (nSPS) is 17.4.